The summed E-state index contributed by atoms with van der Waals surface area (Å²) in [6.45, 7) is 1.91. The number of anilines is 1. The van der Waals surface area contributed by atoms with Gasteiger partial charge in [-0.1, -0.05) is 13.0 Å². The van der Waals surface area contributed by atoms with Crippen LogP contribution >= 0.6 is 0 Å². The van der Waals surface area contributed by atoms with Gasteiger partial charge in [-0.05, 0) is 35.7 Å². The minimum absolute atomic E-state index is 0.0775. The van der Waals surface area contributed by atoms with E-state index in [-0.39, 0.29) is 18.9 Å². The Balaban J connectivity index is 2.10. The molecule has 2 N–H and O–H groups in total. The highest BCUT2D eigenvalue weighted by molar-refractivity contribution is 5.91. The van der Waals surface area contributed by atoms with Gasteiger partial charge in [0.2, 0.25) is 5.91 Å². The maximum Gasteiger partial charge on any atom is 0.230 e. The van der Waals surface area contributed by atoms with E-state index in [1.807, 2.05) is 19.1 Å². The molecule has 0 aromatic carbocycles. The molecule has 2 rings (SSSR count). The quantitative estimate of drug-likeness (QED) is 0.868. The zero-order valence-corrected chi connectivity index (χ0v) is 11.3. The molecule has 2 aromatic heterocycles. The van der Waals surface area contributed by atoms with Crippen molar-refractivity contribution in [3.63, 3.8) is 0 Å². The molecule has 2 aromatic rings. The normalized spacial score (nSPS) is 10.3. The van der Waals surface area contributed by atoms with Crippen molar-refractivity contribution in [1.82, 2.24) is 9.97 Å². The average molecular weight is 271 g/mol. The van der Waals surface area contributed by atoms with Gasteiger partial charge in [-0.2, -0.15) is 0 Å². The monoisotopic (exact) mass is 271 g/mol. The molecule has 0 fully saturated rings. The van der Waals surface area contributed by atoms with E-state index in [9.17, 15) is 4.79 Å². The summed E-state index contributed by atoms with van der Waals surface area (Å²) in [4.78, 5) is 20.3. The summed E-state index contributed by atoms with van der Waals surface area (Å²) in [7, 11) is 0. The lowest BCUT2D eigenvalue weighted by Crippen LogP contribution is -2.16. The van der Waals surface area contributed by atoms with Gasteiger partial charge in [0, 0.05) is 18.1 Å². The zero-order chi connectivity index (χ0) is 14.4. The van der Waals surface area contributed by atoms with E-state index in [0.29, 0.717) is 11.4 Å². The number of nitrogens with one attached hydrogen (secondary N) is 1. The van der Waals surface area contributed by atoms with Crippen LogP contribution in [0.5, 0.6) is 0 Å². The van der Waals surface area contributed by atoms with Gasteiger partial charge in [-0.25, -0.2) is 4.98 Å². The number of aryl methyl sites for hydroxylation is 1. The summed E-state index contributed by atoms with van der Waals surface area (Å²) in [6, 6.07) is 7.17. The Kier molecular flexibility index (Phi) is 4.79. The third-order valence-corrected chi connectivity index (χ3v) is 2.92. The Hall–Kier alpha value is -2.27. The van der Waals surface area contributed by atoms with Crippen LogP contribution in [0.4, 0.5) is 5.82 Å². The van der Waals surface area contributed by atoms with Crippen molar-refractivity contribution in [1.29, 1.82) is 0 Å². The van der Waals surface area contributed by atoms with Gasteiger partial charge in [0.05, 0.1) is 13.0 Å². The summed E-state index contributed by atoms with van der Waals surface area (Å²) in [6.07, 6.45) is 4.23. The third kappa shape index (κ3) is 3.61. The number of aliphatic hydroxyl groups excluding tert-OH is 1. The second-order valence-electron chi connectivity index (χ2n) is 4.40. The van der Waals surface area contributed by atoms with Gasteiger partial charge in [0.25, 0.3) is 0 Å². The van der Waals surface area contributed by atoms with Crippen LogP contribution in [-0.2, 0) is 24.2 Å². The molecule has 0 saturated heterocycles. The molecular weight excluding hydrogens is 254 g/mol. The van der Waals surface area contributed by atoms with Gasteiger partial charge in [-0.3, -0.25) is 9.78 Å². The Morgan fingerprint density at radius 2 is 2.20 bits per heavy atom. The van der Waals surface area contributed by atoms with Crippen molar-refractivity contribution in [2.75, 3.05) is 5.32 Å². The van der Waals surface area contributed by atoms with E-state index in [0.717, 1.165) is 17.7 Å². The molecule has 5 heteroatoms. The minimum atomic E-state index is -0.143. The van der Waals surface area contributed by atoms with E-state index < -0.39 is 0 Å². The van der Waals surface area contributed by atoms with Crippen LogP contribution in [0, 0.1) is 0 Å². The molecule has 0 spiro atoms. The molecule has 104 valence electrons. The van der Waals surface area contributed by atoms with Crippen LogP contribution in [-0.4, -0.2) is 21.0 Å². The number of amides is 1. The topological polar surface area (TPSA) is 75.1 Å². The molecule has 0 unspecified atom stereocenters. The van der Waals surface area contributed by atoms with Gasteiger partial charge < -0.3 is 10.4 Å². The van der Waals surface area contributed by atoms with Gasteiger partial charge in [0.15, 0.2) is 0 Å². The Bertz CT molecular complexity index is 585. The van der Waals surface area contributed by atoms with Crippen LogP contribution in [0.3, 0.4) is 0 Å². The molecule has 0 aliphatic carbocycles. The summed E-state index contributed by atoms with van der Waals surface area (Å²) in [5, 5.41) is 11.9. The molecule has 0 atom stereocenters. The Labute approximate surface area is 117 Å². The fourth-order valence-corrected chi connectivity index (χ4v) is 1.94. The van der Waals surface area contributed by atoms with E-state index in [1.54, 1.807) is 24.5 Å². The molecule has 5 nitrogen and oxygen atoms in total. The second-order valence-corrected chi connectivity index (χ2v) is 4.40. The number of aromatic nitrogens is 2. The highest BCUT2D eigenvalue weighted by atomic mass is 16.3. The van der Waals surface area contributed by atoms with Crippen molar-refractivity contribution in [2.24, 2.45) is 0 Å². The number of aliphatic hydroxyl groups is 1. The number of hydrogen-bond acceptors (Lipinski definition) is 4. The van der Waals surface area contributed by atoms with Crippen LogP contribution in [0.1, 0.15) is 23.7 Å². The first-order valence-corrected chi connectivity index (χ1v) is 6.51. The van der Waals surface area contributed by atoms with Crippen molar-refractivity contribution < 1.29 is 9.90 Å². The number of nitrogens with zero attached hydrogens (tertiary/aromatic N) is 2. The zero-order valence-electron chi connectivity index (χ0n) is 11.3. The lowest BCUT2D eigenvalue weighted by atomic mass is 10.1. The van der Waals surface area contributed by atoms with E-state index in [4.69, 9.17) is 5.11 Å². The first kappa shape index (κ1) is 14.1. The predicted molar refractivity (Wildman–Crippen MR) is 76.1 cm³/mol. The minimum Gasteiger partial charge on any atom is -0.392 e. The molecule has 0 aliphatic rings. The molecule has 0 saturated carbocycles. The molecule has 2 heterocycles. The molecule has 0 aliphatic heterocycles. The summed E-state index contributed by atoms with van der Waals surface area (Å²) >= 11 is 0. The summed E-state index contributed by atoms with van der Waals surface area (Å²) in [5.41, 5.74) is 2.42. The van der Waals surface area contributed by atoms with E-state index >= 15 is 0 Å². The maximum absolute atomic E-state index is 12.0. The number of carbonyl (C=O) groups is 1. The third-order valence-electron chi connectivity index (χ3n) is 2.92. The van der Waals surface area contributed by atoms with Gasteiger partial charge >= 0.3 is 0 Å². The average Bonchev–Trinajstić information content (AvgIpc) is 2.48. The van der Waals surface area contributed by atoms with Crippen molar-refractivity contribution >= 4 is 11.7 Å². The fourth-order valence-electron chi connectivity index (χ4n) is 1.94. The molecule has 0 radical (unpaired) electrons. The van der Waals surface area contributed by atoms with Crippen LogP contribution in [0.2, 0.25) is 0 Å². The first-order valence-electron chi connectivity index (χ1n) is 6.51. The Morgan fingerprint density at radius 1 is 1.35 bits per heavy atom. The maximum atomic E-state index is 12.0. The second kappa shape index (κ2) is 6.77. The molecule has 0 bridgehead atoms. The number of hydrogen-bond donors (Lipinski definition) is 2. The number of pyridine rings is 2. The highest BCUT2D eigenvalue weighted by Crippen LogP contribution is 2.12. The van der Waals surface area contributed by atoms with E-state index in [2.05, 4.69) is 15.3 Å². The predicted octanol–water partition coefficient (Wildman–Crippen LogP) is 1.71. The lowest BCUT2D eigenvalue weighted by Gasteiger charge is -2.09. The standard InChI is InChI=1S/C15H17N3O2/c1-2-13-12(7-11(10-19)9-17-13)8-15(20)18-14-5-3-4-6-16-14/h3-7,9,19H,2,8,10H2,1H3,(H,16,18,20). The number of rotatable bonds is 5. The van der Waals surface area contributed by atoms with Crippen LogP contribution in [0.25, 0.3) is 0 Å². The number of carbonyl (C=O) groups excluding carboxylic acids is 1. The summed E-state index contributed by atoms with van der Waals surface area (Å²) < 4.78 is 0. The van der Waals surface area contributed by atoms with E-state index in [1.165, 1.54) is 0 Å². The molecule has 1 amide bonds. The molecule has 20 heavy (non-hydrogen) atoms. The van der Waals surface area contributed by atoms with Crippen molar-refractivity contribution in [2.45, 2.75) is 26.4 Å². The first-order chi connectivity index (χ1) is 9.72. The van der Waals surface area contributed by atoms with Crippen LogP contribution < -0.4 is 5.32 Å². The highest BCUT2D eigenvalue weighted by Gasteiger charge is 2.10. The fraction of sp³-hybridized carbons (Fsp3) is 0.267. The van der Waals surface area contributed by atoms with Crippen molar-refractivity contribution in [3.8, 4) is 0 Å². The van der Waals surface area contributed by atoms with Crippen molar-refractivity contribution in [3.05, 3.63) is 53.5 Å². The van der Waals surface area contributed by atoms with Crippen LogP contribution in [0.15, 0.2) is 36.7 Å². The SMILES string of the molecule is CCc1ncc(CO)cc1CC(=O)Nc1ccccn1. The van der Waals surface area contributed by atoms with Gasteiger partial charge in [0.1, 0.15) is 5.82 Å². The summed E-state index contributed by atoms with van der Waals surface area (Å²) in [5.74, 6) is 0.386. The lowest BCUT2D eigenvalue weighted by molar-refractivity contribution is -0.115. The molecular formula is C15H17N3O2. The smallest absolute Gasteiger partial charge is 0.230 e. The largest absolute Gasteiger partial charge is 0.392 e. The Morgan fingerprint density at radius 3 is 2.85 bits per heavy atom. The van der Waals surface area contributed by atoms with Gasteiger partial charge in [-0.15, -0.1) is 0 Å².